The van der Waals surface area contributed by atoms with E-state index in [4.69, 9.17) is 0 Å². The standard InChI is InChI=1S/C12H10FNO/c1-8(15)14-12-5-3-9-2-4-11(13)6-10(9)7-12/h2-7H,1H3,(H,14,15). The molecule has 2 aromatic rings. The molecule has 0 unspecified atom stereocenters. The number of amides is 1. The minimum absolute atomic E-state index is 0.134. The number of anilines is 1. The van der Waals surface area contributed by atoms with Gasteiger partial charge in [0.1, 0.15) is 5.82 Å². The van der Waals surface area contributed by atoms with Gasteiger partial charge in [0.05, 0.1) is 0 Å². The van der Waals surface area contributed by atoms with E-state index in [2.05, 4.69) is 5.32 Å². The Morgan fingerprint density at radius 1 is 1.13 bits per heavy atom. The summed E-state index contributed by atoms with van der Waals surface area (Å²) in [7, 11) is 0. The van der Waals surface area contributed by atoms with Crippen molar-refractivity contribution in [3.63, 3.8) is 0 Å². The van der Waals surface area contributed by atoms with E-state index in [0.717, 1.165) is 10.8 Å². The maximum Gasteiger partial charge on any atom is 0.221 e. The molecule has 0 aliphatic carbocycles. The Balaban J connectivity index is 2.49. The van der Waals surface area contributed by atoms with Crippen molar-refractivity contribution in [2.75, 3.05) is 5.32 Å². The number of nitrogens with one attached hydrogen (secondary N) is 1. The summed E-state index contributed by atoms with van der Waals surface area (Å²) in [6, 6.07) is 9.96. The average Bonchev–Trinajstić information content (AvgIpc) is 2.16. The number of hydrogen-bond acceptors (Lipinski definition) is 1. The van der Waals surface area contributed by atoms with E-state index < -0.39 is 0 Å². The Hall–Kier alpha value is -1.90. The summed E-state index contributed by atoms with van der Waals surface area (Å²) < 4.78 is 12.9. The number of rotatable bonds is 1. The van der Waals surface area contributed by atoms with Crippen molar-refractivity contribution in [1.82, 2.24) is 0 Å². The number of halogens is 1. The Kier molecular flexibility index (Phi) is 2.37. The molecule has 2 rings (SSSR count). The quantitative estimate of drug-likeness (QED) is 0.758. The van der Waals surface area contributed by atoms with Gasteiger partial charge >= 0.3 is 0 Å². The summed E-state index contributed by atoms with van der Waals surface area (Å²) >= 11 is 0. The third kappa shape index (κ3) is 2.13. The molecule has 0 aliphatic rings. The Morgan fingerprint density at radius 3 is 2.60 bits per heavy atom. The van der Waals surface area contributed by atoms with E-state index in [1.165, 1.54) is 19.1 Å². The summed E-state index contributed by atoms with van der Waals surface area (Å²) in [5.41, 5.74) is 0.681. The molecule has 0 fully saturated rings. The molecule has 0 aromatic heterocycles. The molecule has 0 atom stereocenters. The topological polar surface area (TPSA) is 29.1 Å². The number of carbonyl (C=O) groups excluding carboxylic acids is 1. The predicted octanol–water partition coefficient (Wildman–Crippen LogP) is 2.94. The molecule has 1 amide bonds. The summed E-state index contributed by atoms with van der Waals surface area (Å²) in [5, 5.41) is 4.38. The molecule has 0 spiro atoms. The van der Waals surface area contributed by atoms with Gasteiger partial charge in [-0.2, -0.15) is 0 Å². The highest BCUT2D eigenvalue weighted by molar-refractivity contribution is 5.93. The van der Waals surface area contributed by atoms with Gasteiger partial charge in [-0.3, -0.25) is 4.79 Å². The largest absolute Gasteiger partial charge is 0.326 e. The van der Waals surface area contributed by atoms with E-state index in [0.29, 0.717) is 5.69 Å². The van der Waals surface area contributed by atoms with Gasteiger partial charge in [0.15, 0.2) is 0 Å². The molecule has 0 saturated carbocycles. The van der Waals surface area contributed by atoms with Crippen LogP contribution in [0.1, 0.15) is 6.92 Å². The Labute approximate surface area is 86.7 Å². The first kappa shape index (κ1) is 9.65. The van der Waals surface area contributed by atoms with Crippen LogP contribution < -0.4 is 5.32 Å². The summed E-state index contributed by atoms with van der Waals surface area (Å²) in [5.74, 6) is -0.409. The summed E-state index contributed by atoms with van der Waals surface area (Å²) in [6.45, 7) is 1.44. The molecule has 0 aliphatic heterocycles. The molecular weight excluding hydrogens is 193 g/mol. The van der Waals surface area contributed by atoms with Crippen molar-refractivity contribution in [3.8, 4) is 0 Å². The van der Waals surface area contributed by atoms with Gasteiger partial charge in [0.25, 0.3) is 0 Å². The van der Waals surface area contributed by atoms with Gasteiger partial charge in [-0.1, -0.05) is 12.1 Å². The van der Waals surface area contributed by atoms with Crippen LogP contribution in [0, 0.1) is 5.82 Å². The molecule has 76 valence electrons. The number of hydrogen-bond donors (Lipinski definition) is 1. The van der Waals surface area contributed by atoms with Crippen LogP contribution in [0.4, 0.5) is 10.1 Å². The lowest BCUT2D eigenvalue weighted by atomic mass is 10.1. The summed E-state index contributed by atoms with van der Waals surface area (Å²) in [6.07, 6.45) is 0. The van der Waals surface area contributed by atoms with E-state index in [-0.39, 0.29) is 11.7 Å². The number of carbonyl (C=O) groups is 1. The van der Waals surface area contributed by atoms with Crippen LogP contribution >= 0.6 is 0 Å². The fraction of sp³-hybridized carbons (Fsp3) is 0.0833. The highest BCUT2D eigenvalue weighted by Crippen LogP contribution is 2.20. The average molecular weight is 203 g/mol. The lowest BCUT2D eigenvalue weighted by molar-refractivity contribution is -0.114. The second-order valence-electron chi connectivity index (χ2n) is 3.39. The van der Waals surface area contributed by atoms with Crippen molar-refractivity contribution in [2.45, 2.75) is 6.92 Å². The molecule has 0 radical (unpaired) electrons. The van der Waals surface area contributed by atoms with Gasteiger partial charge in [-0.05, 0) is 35.0 Å². The molecule has 3 heteroatoms. The minimum atomic E-state index is -0.275. The lowest BCUT2D eigenvalue weighted by Crippen LogP contribution is -2.05. The van der Waals surface area contributed by atoms with E-state index in [9.17, 15) is 9.18 Å². The molecule has 15 heavy (non-hydrogen) atoms. The normalized spacial score (nSPS) is 10.3. The fourth-order valence-corrected chi connectivity index (χ4v) is 1.50. The van der Waals surface area contributed by atoms with E-state index in [1.54, 1.807) is 18.2 Å². The van der Waals surface area contributed by atoms with Crippen LogP contribution in [0.25, 0.3) is 10.8 Å². The monoisotopic (exact) mass is 203 g/mol. The van der Waals surface area contributed by atoms with Gasteiger partial charge in [-0.25, -0.2) is 4.39 Å². The van der Waals surface area contributed by atoms with Crippen molar-refractivity contribution in [3.05, 3.63) is 42.2 Å². The third-order valence-corrected chi connectivity index (χ3v) is 2.12. The van der Waals surface area contributed by atoms with Crippen LogP contribution in [0.5, 0.6) is 0 Å². The van der Waals surface area contributed by atoms with Gasteiger partial charge in [0.2, 0.25) is 5.91 Å². The molecular formula is C12H10FNO. The van der Waals surface area contributed by atoms with Crippen molar-refractivity contribution in [2.24, 2.45) is 0 Å². The van der Waals surface area contributed by atoms with Crippen molar-refractivity contribution >= 4 is 22.4 Å². The molecule has 0 heterocycles. The van der Waals surface area contributed by atoms with Gasteiger partial charge in [0, 0.05) is 12.6 Å². The van der Waals surface area contributed by atoms with Crippen LogP contribution in [0.3, 0.4) is 0 Å². The van der Waals surface area contributed by atoms with E-state index >= 15 is 0 Å². The first-order valence-electron chi connectivity index (χ1n) is 4.62. The zero-order chi connectivity index (χ0) is 10.8. The van der Waals surface area contributed by atoms with Gasteiger partial charge < -0.3 is 5.32 Å². The lowest BCUT2D eigenvalue weighted by Gasteiger charge is -2.03. The Morgan fingerprint density at radius 2 is 1.87 bits per heavy atom. The predicted molar refractivity (Wildman–Crippen MR) is 58.2 cm³/mol. The highest BCUT2D eigenvalue weighted by Gasteiger charge is 1.99. The molecule has 2 aromatic carbocycles. The minimum Gasteiger partial charge on any atom is -0.326 e. The number of benzene rings is 2. The summed E-state index contributed by atoms with van der Waals surface area (Å²) in [4.78, 5) is 10.8. The first-order valence-corrected chi connectivity index (χ1v) is 4.62. The molecule has 2 nitrogen and oxygen atoms in total. The first-order chi connectivity index (χ1) is 7.15. The van der Waals surface area contributed by atoms with Crippen LogP contribution in [0.15, 0.2) is 36.4 Å². The third-order valence-electron chi connectivity index (χ3n) is 2.12. The Bertz CT molecular complexity index is 522. The van der Waals surface area contributed by atoms with Crippen LogP contribution in [0.2, 0.25) is 0 Å². The maximum absolute atomic E-state index is 12.9. The number of fused-ring (bicyclic) bond motifs is 1. The fourth-order valence-electron chi connectivity index (χ4n) is 1.50. The maximum atomic E-state index is 12.9. The van der Waals surface area contributed by atoms with Crippen LogP contribution in [-0.4, -0.2) is 5.91 Å². The van der Waals surface area contributed by atoms with E-state index in [1.807, 2.05) is 6.07 Å². The zero-order valence-corrected chi connectivity index (χ0v) is 8.25. The molecule has 0 saturated heterocycles. The van der Waals surface area contributed by atoms with Crippen LogP contribution in [-0.2, 0) is 4.79 Å². The smallest absolute Gasteiger partial charge is 0.221 e. The molecule has 0 bridgehead atoms. The van der Waals surface area contributed by atoms with Crippen molar-refractivity contribution in [1.29, 1.82) is 0 Å². The van der Waals surface area contributed by atoms with Crippen molar-refractivity contribution < 1.29 is 9.18 Å². The zero-order valence-electron chi connectivity index (χ0n) is 8.25. The second-order valence-corrected chi connectivity index (χ2v) is 3.39. The van der Waals surface area contributed by atoms with Gasteiger partial charge in [-0.15, -0.1) is 0 Å². The highest BCUT2D eigenvalue weighted by atomic mass is 19.1. The SMILES string of the molecule is CC(=O)Nc1ccc2ccc(F)cc2c1. The molecule has 1 N–H and O–H groups in total. The second kappa shape index (κ2) is 3.69.